The number of unbranched alkanes of at least 4 members (excludes halogenated alkanes) is 3. The van der Waals surface area contributed by atoms with Crippen molar-refractivity contribution in [2.75, 3.05) is 13.2 Å². The molecule has 0 bridgehead atoms. The van der Waals surface area contributed by atoms with Crippen LogP contribution in [0.3, 0.4) is 0 Å². The number of rotatable bonds is 11. The Morgan fingerprint density at radius 2 is 1.00 bits per heavy atom. The molecule has 0 saturated carbocycles. The number of nitrogens with zero attached hydrogens (tertiary/aromatic N) is 2. The van der Waals surface area contributed by atoms with Crippen molar-refractivity contribution in [3.63, 3.8) is 0 Å². The second-order valence-corrected chi connectivity index (χ2v) is 6.53. The molecule has 2 rings (SSSR count). The second-order valence-electron chi connectivity index (χ2n) is 6.53. The molecule has 0 atom stereocenters. The quantitative estimate of drug-likeness (QED) is 0.244. The van der Waals surface area contributed by atoms with E-state index in [1.54, 1.807) is 13.8 Å². The molecule has 2 N–H and O–H groups in total. The molecule has 28 heavy (non-hydrogen) atoms. The highest BCUT2D eigenvalue weighted by Gasteiger charge is 2.01. The minimum atomic E-state index is 0.582. The predicted molar refractivity (Wildman–Crippen MR) is 110 cm³/mol. The number of hydrogen-bond acceptors (Lipinski definition) is 6. The summed E-state index contributed by atoms with van der Waals surface area (Å²) in [6.07, 6.45) is 4.16. The fraction of sp³-hybridized carbons (Fsp3) is 0.364. The standard InChI is InChI=1S/C22H28N2O4/c1-17(23-25)19-7-11-21(12-8-19)27-15-5-3-4-6-16-28-22-13-9-20(10-14-22)18(2)24-26/h7-14,25-26H,3-6,15-16H2,1-2H3. The smallest absolute Gasteiger partial charge is 0.119 e. The zero-order valence-corrected chi connectivity index (χ0v) is 16.5. The fourth-order valence-electron chi connectivity index (χ4n) is 2.64. The Hall–Kier alpha value is -3.02. The molecule has 6 heteroatoms. The molecular formula is C22H28N2O4. The maximum atomic E-state index is 8.76. The Labute approximate surface area is 166 Å². The maximum Gasteiger partial charge on any atom is 0.119 e. The first-order valence-electron chi connectivity index (χ1n) is 9.48. The Kier molecular flexibility index (Phi) is 8.85. The molecule has 0 radical (unpaired) electrons. The minimum Gasteiger partial charge on any atom is -0.494 e. The van der Waals surface area contributed by atoms with Gasteiger partial charge >= 0.3 is 0 Å². The van der Waals surface area contributed by atoms with Gasteiger partial charge in [0.1, 0.15) is 11.5 Å². The van der Waals surface area contributed by atoms with Crippen LogP contribution in [0.25, 0.3) is 0 Å². The molecule has 6 nitrogen and oxygen atoms in total. The highest BCUT2D eigenvalue weighted by molar-refractivity contribution is 5.98. The normalized spacial score (nSPS) is 12.1. The fourth-order valence-corrected chi connectivity index (χ4v) is 2.64. The third kappa shape index (κ3) is 6.95. The Balaban J connectivity index is 1.55. The lowest BCUT2D eigenvalue weighted by molar-refractivity contribution is 0.287. The van der Waals surface area contributed by atoms with Crippen LogP contribution >= 0.6 is 0 Å². The highest BCUT2D eigenvalue weighted by atomic mass is 16.5. The van der Waals surface area contributed by atoms with E-state index in [0.29, 0.717) is 24.6 Å². The van der Waals surface area contributed by atoms with Crippen molar-refractivity contribution in [3.05, 3.63) is 59.7 Å². The van der Waals surface area contributed by atoms with E-state index in [2.05, 4.69) is 10.3 Å². The largest absolute Gasteiger partial charge is 0.494 e. The number of ether oxygens (including phenoxy) is 2. The second kappa shape index (κ2) is 11.6. The third-order valence-corrected chi connectivity index (χ3v) is 4.42. The Morgan fingerprint density at radius 1 is 0.643 bits per heavy atom. The lowest BCUT2D eigenvalue weighted by atomic mass is 10.1. The molecule has 0 amide bonds. The SMILES string of the molecule is CC(=NO)c1ccc(OCCCCCCOc2ccc(C(C)=NO)cc2)cc1. The van der Waals surface area contributed by atoms with Crippen LogP contribution in [0, 0.1) is 0 Å². The summed E-state index contributed by atoms with van der Waals surface area (Å²) in [7, 11) is 0. The van der Waals surface area contributed by atoms with Crippen molar-refractivity contribution in [1.29, 1.82) is 0 Å². The van der Waals surface area contributed by atoms with Crippen molar-refractivity contribution in [2.45, 2.75) is 39.5 Å². The third-order valence-electron chi connectivity index (χ3n) is 4.42. The van der Waals surface area contributed by atoms with Crippen molar-refractivity contribution in [1.82, 2.24) is 0 Å². The van der Waals surface area contributed by atoms with Gasteiger partial charge in [-0.2, -0.15) is 0 Å². The van der Waals surface area contributed by atoms with Gasteiger partial charge in [-0.05, 0) is 99.2 Å². The molecule has 0 spiro atoms. The van der Waals surface area contributed by atoms with Crippen molar-refractivity contribution in [2.24, 2.45) is 10.3 Å². The zero-order chi connectivity index (χ0) is 20.2. The van der Waals surface area contributed by atoms with Gasteiger partial charge in [0.05, 0.1) is 24.6 Å². The topological polar surface area (TPSA) is 83.6 Å². The van der Waals surface area contributed by atoms with Gasteiger partial charge < -0.3 is 19.9 Å². The number of benzene rings is 2. The van der Waals surface area contributed by atoms with E-state index in [-0.39, 0.29) is 0 Å². The molecular weight excluding hydrogens is 356 g/mol. The molecule has 2 aromatic rings. The van der Waals surface area contributed by atoms with Gasteiger partial charge in [0.15, 0.2) is 0 Å². The molecule has 0 aromatic heterocycles. The van der Waals surface area contributed by atoms with Crippen LogP contribution in [0.15, 0.2) is 58.8 Å². The summed E-state index contributed by atoms with van der Waals surface area (Å²) in [4.78, 5) is 0. The molecule has 0 aliphatic rings. The minimum absolute atomic E-state index is 0.582. The van der Waals surface area contributed by atoms with Crippen LogP contribution in [0.1, 0.15) is 50.7 Å². The van der Waals surface area contributed by atoms with E-state index >= 15 is 0 Å². The van der Waals surface area contributed by atoms with E-state index < -0.39 is 0 Å². The summed E-state index contributed by atoms with van der Waals surface area (Å²) < 4.78 is 11.5. The van der Waals surface area contributed by atoms with E-state index in [1.807, 2.05) is 48.5 Å². The summed E-state index contributed by atoms with van der Waals surface area (Å²) in [5.74, 6) is 1.64. The summed E-state index contributed by atoms with van der Waals surface area (Å²) in [5, 5.41) is 23.9. The highest BCUT2D eigenvalue weighted by Crippen LogP contribution is 2.15. The van der Waals surface area contributed by atoms with Crippen LogP contribution in [0.2, 0.25) is 0 Å². The van der Waals surface area contributed by atoms with E-state index in [1.165, 1.54) is 0 Å². The summed E-state index contributed by atoms with van der Waals surface area (Å²) in [6, 6.07) is 15.1. The average Bonchev–Trinajstić information content (AvgIpc) is 2.75. The summed E-state index contributed by atoms with van der Waals surface area (Å²) >= 11 is 0. The predicted octanol–water partition coefficient (Wildman–Crippen LogP) is 5.10. The van der Waals surface area contributed by atoms with Gasteiger partial charge in [0.25, 0.3) is 0 Å². The molecule has 150 valence electrons. The average molecular weight is 384 g/mol. The molecule has 0 saturated heterocycles. The molecule has 0 heterocycles. The first-order valence-corrected chi connectivity index (χ1v) is 9.48. The van der Waals surface area contributed by atoms with Gasteiger partial charge in [-0.25, -0.2) is 0 Å². The molecule has 0 aliphatic heterocycles. The van der Waals surface area contributed by atoms with Crippen LogP contribution in [-0.4, -0.2) is 35.1 Å². The number of oxime groups is 2. The van der Waals surface area contributed by atoms with Gasteiger partial charge in [0, 0.05) is 0 Å². The first-order chi connectivity index (χ1) is 13.6. The van der Waals surface area contributed by atoms with Crippen LogP contribution in [0.5, 0.6) is 11.5 Å². The molecule has 0 aliphatic carbocycles. The zero-order valence-electron chi connectivity index (χ0n) is 16.5. The van der Waals surface area contributed by atoms with Gasteiger partial charge in [0.2, 0.25) is 0 Å². The lowest BCUT2D eigenvalue weighted by Gasteiger charge is -2.08. The van der Waals surface area contributed by atoms with Crippen LogP contribution in [-0.2, 0) is 0 Å². The van der Waals surface area contributed by atoms with Gasteiger partial charge in [-0.3, -0.25) is 0 Å². The summed E-state index contributed by atoms with van der Waals surface area (Å²) in [6.45, 7) is 4.87. The van der Waals surface area contributed by atoms with Crippen molar-refractivity contribution in [3.8, 4) is 11.5 Å². The Morgan fingerprint density at radius 3 is 1.32 bits per heavy atom. The monoisotopic (exact) mass is 384 g/mol. The van der Waals surface area contributed by atoms with Gasteiger partial charge in [-0.1, -0.05) is 10.3 Å². The van der Waals surface area contributed by atoms with E-state index in [9.17, 15) is 0 Å². The Bertz CT molecular complexity index is 701. The van der Waals surface area contributed by atoms with Crippen LogP contribution < -0.4 is 9.47 Å². The first kappa shape index (κ1) is 21.3. The van der Waals surface area contributed by atoms with Crippen molar-refractivity contribution >= 4 is 11.4 Å². The summed E-state index contributed by atoms with van der Waals surface area (Å²) in [5.41, 5.74) is 2.92. The molecule has 2 aromatic carbocycles. The molecule has 0 fully saturated rings. The van der Waals surface area contributed by atoms with E-state index in [0.717, 1.165) is 48.3 Å². The van der Waals surface area contributed by atoms with E-state index in [4.69, 9.17) is 19.9 Å². The van der Waals surface area contributed by atoms with Crippen molar-refractivity contribution < 1.29 is 19.9 Å². The lowest BCUT2D eigenvalue weighted by Crippen LogP contribution is -2.01. The number of hydrogen-bond donors (Lipinski definition) is 2. The molecule has 0 unspecified atom stereocenters. The van der Waals surface area contributed by atoms with Gasteiger partial charge in [-0.15, -0.1) is 0 Å². The van der Waals surface area contributed by atoms with Crippen LogP contribution in [0.4, 0.5) is 0 Å². The maximum absolute atomic E-state index is 8.76.